The Morgan fingerprint density at radius 3 is 2.55 bits per heavy atom. The van der Waals surface area contributed by atoms with Crippen molar-refractivity contribution in [1.82, 2.24) is 19.9 Å². The number of amides is 1. The lowest BCUT2D eigenvalue weighted by Gasteiger charge is -2.33. The van der Waals surface area contributed by atoms with Gasteiger partial charge in [0, 0.05) is 42.8 Å². The number of hydrogen-bond acceptors (Lipinski definition) is 7. The second-order valence-corrected chi connectivity index (χ2v) is 7.80. The van der Waals surface area contributed by atoms with Crippen molar-refractivity contribution < 1.29 is 14.2 Å². The summed E-state index contributed by atoms with van der Waals surface area (Å²) < 4.78 is 5.38. The summed E-state index contributed by atoms with van der Waals surface area (Å²) in [7, 11) is 0. The molecule has 1 aromatic heterocycles. The fourth-order valence-electron chi connectivity index (χ4n) is 3.45. The van der Waals surface area contributed by atoms with Crippen LogP contribution >= 0.6 is 11.6 Å². The number of hydrogen-bond donors (Lipinski definition) is 0. The van der Waals surface area contributed by atoms with Crippen LogP contribution in [-0.4, -0.2) is 56.9 Å². The Hall–Kier alpha value is -3.30. The third-order valence-corrected chi connectivity index (χ3v) is 5.42. The van der Waals surface area contributed by atoms with Crippen molar-refractivity contribution in [2.45, 2.75) is 13.5 Å². The lowest BCUT2D eigenvalue weighted by Crippen LogP contribution is -2.48. The van der Waals surface area contributed by atoms with E-state index in [1.807, 2.05) is 31.2 Å². The molecule has 0 bridgehead atoms. The average Bonchev–Trinajstić information content (AvgIpc) is 3.22. The molecule has 2 aromatic carbocycles. The van der Waals surface area contributed by atoms with Crippen LogP contribution in [0.5, 0.6) is 0 Å². The van der Waals surface area contributed by atoms with Gasteiger partial charge in [-0.15, -0.1) is 0 Å². The highest BCUT2D eigenvalue weighted by atomic mass is 35.5. The summed E-state index contributed by atoms with van der Waals surface area (Å²) in [5.74, 6) is 0.671. The number of aryl methyl sites for hydroxylation is 1. The first-order valence-electron chi connectivity index (χ1n) is 9.76. The number of rotatable bonds is 5. The van der Waals surface area contributed by atoms with Gasteiger partial charge in [0.05, 0.1) is 11.5 Å². The number of nitro benzene ring substituents is 1. The van der Waals surface area contributed by atoms with Gasteiger partial charge in [-0.3, -0.25) is 19.8 Å². The summed E-state index contributed by atoms with van der Waals surface area (Å²) >= 11 is 5.84. The van der Waals surface area contributed by atoms with E-state index in [1.165, 1.54) is 18.2 Å². The average molecular weight is 442 g/mol. The summed E-state index contributed by atoms with van der Waals surface area (Å²) in [4.78, 5) is 31.7. The summed E-state index contributed by atoms with van der Waals surface area (Å²) in [5.41, 5.74) is 1.81. The van der Waals surface area contributed by atoms with Crippen LogP contribution in [0.4, 0.5) is 5.69 Å². The maximum Gasteiger partial charge on any atom is 0.283 e. The smallest absolute Gasteiger partial charge is 0.283 e. The molecule has 0 N–H and O–H groups in total. The number of nitro groups is 1. The maximum absolute atomic E-state index is 12.8. The third kappa shape index (κ3) is 4.73. The minimum Gasteiger partial charge on any atom is -0.338 e. The molecule has 1 fully saturated rings. The number of nitrogens with zero attached hydrogens (tertiary/aromatic N) is 5. The molecule has 0 saturated carbocycles. The van der Waals surface area contributed by atoms with Gasteiger partial charge >= 0.3 is 0 Å². The molecule has 160 valence electrons. The monoisotopic (exact) mass is 441 g/mol. The molecular formula is C21H20ClN5O4. The highest BCUT2D eigenvalue weighted by molar-refractivity contribution is 6.31. The van der Waals surface area contributed by atoms with E-state index < -0.39 is 4.92 Å². The zero-order valence-electron chi connectivity index (χ0n) is 16.8. The van der Waals surface area contributed by atoms with Crippen LogP contribution in [0.2, 0.25) is 5.02 Å². The van der Waals surface area contributed by atoms with E-state index in [9.17, 15) is 14.9 Å². The number of aromatic nitrogens is 2. The van der Waals surface area contributed by atoms with Gasteiger partial charge in [0.15, 0.2) is 0 Å². The summed E-state index contributed by atoms with van der Waals surface area (Å²) in [6, 6.07) is 12.0. The predicted octanol–water partition coefficient (Wildman–Crippen LogP) is 3.56. The van der Waals surface area contributed by atoms with Gasteiger partial charge in [-0.2, -0.15) is 4.98 Å². The fourth-order valence-corrected chi connectivity index (χ4v) is 3.61. The summed E-state index contributed by atoms with van der Waals surface area (Å²) in [5, 5.41) is 15.5. The van der Waals surface area contributed by atoms with Crippen LogP contribution in [0.25, 0.3) is 11.4 Å². The largest absolute Gasteiger partial charge is 0.338 e. The molecule has 1 saturated heterocycles. The van der Waals surface area contributed by atoms with Gasteiger partial charge in [0.25, 0.3) is 11.6 Å². The molecule has 0 aliphatic carbocycles. The molecule has 0 spiro atoms. The molecular weight excluding hydrogens is 422 g/mol. The highest BCUT2D eigenvalue weighted by Crippen LogP contribution is 2.25. The SMILES string of the molecule is Cc1ccc(-c2noc(CN3CCN(C(=O)c4ccc(Cl)cc4[N+](=O)[O-])CC3)n2)cc1. The lowest BCUT2D eigenvalue weighted by atomic mass is 10.1. The first-order valence-corrected chi connectivity index (χ1v) is 10.1. The van der Waals surface area contributed by atoms with Gasteiger partial charge in [-0.05, 0) is 19.1 Å². The molecule has 31 heavy (non-hydrogen) atoms. The van der Waals surface area contributed by atoms with E-state index in [-0.39, 0.29) is 22.2 Å². The molecule has 10 heteroatoms. The molecule has 3 aromatic rings. The quantitative estimate of drug-likeness (QED) is 0.440. The van der Waals surface area contributed by atoms with E-state index in [1.54, 1.807) is 4.90 Å². The first-order chi connectivity index (χ1) is 14.9. The molecule has 0 unspecified atom stereocenters. The third-order valence-electron chi connectivity index (χ3n) is 5.18. The number of carbonyl (C=O) groups excluding carboxylic acids is 1. The van der Waals surface area contributed by atoms with Gasteiger partial charge in [-0.25, -0.2) is 0 Å². The highest BCUT2D eigenvalue weighted by Gasteiger charge is 2.28. The molecule has 4 rings (SSSR count). The predicted molar refractivity (Wildman–Crippen MR) is 114 cm³/mol. The summed E-state index contributed by atoms with van der Waals surface area (Å²) in [6.45, 7) is 4.56. The van der Waals surface area contributed by atoms with Crippen molar-refractivity contribution in [2.75, 3.05) is 26.2 Å². The number of halogens is 1. The van der Waals surface area contributed by atoms with E-state index in [4.69, 9.17) is 16.1 Å². The van der Waals surface area contributed by atoms with Crippen LogP contribution < -0.4 is 0 Å². The summed E-state index contributed by atoms with van der Waals surface area (Å²) in [6.07, 6.45) is 0. The van der Waals surface area contributed by atoms with Crippen molar-refractivity contribution >= 4 is 23.2 Å². The van der Waals surface area contributed by atoms with Crippen LogP contribution in [0.3, 0.4) is 0 Å². The topological polar surface area (TPSA) is 106 Å². The van der Waals surface area contributed by atoms with Gasteiger partial charge in [-0.1, -0.05) is 46.6 Å². The van der Waals surface area contributed by atoms with Gasteiger partial charge in [0.2, 0.25) is 11.7 Å². The van der Waals surface area contributed by atoms with Crippen LogP contribution in [-0.2, 0) is 6.54 Å². The van der Waals surface area contributed by atoms with Crippen molar-refractivity contribution in [3.8, 4) is 11.4 Å². The fraction of sp³-hybridized carbons (Fsp3) is 0.286. The van der Waals surface area contributed by atoms with Crippen LogP contribution in [0.1, 0.15) is 21.8 Å². The number of benzene rings is 2. The molecule has 0 radical (unpaired) electrons. The molecule has 1 aliphatic rings. The Morgan fingerprint density at radius 1 is 1.16 bits per heavy atom. The van der Waals surface area contributed by atoms with Crippen molar-refractivity contribution in [3.63, 3.8) is 0 Å². The zero-order chi connectivity index (χ0) is 22.0. The molecule has 0 atom stereocenters. The Kier molecular flexibility index (Phi) is 5.97. The van der Waals surface area contributed by atoms with Gasteiger partial charge < -0.3 is 9.42 Å². The van der Waals surface area contributed by atoms with Gasteiger partial charge in [0.1, 0.15) is 5.56 Å². The zero-order valence-corrected chi connectivity index (χ0v) is 17.6. The number of carbonyl (C=O) groups is 1. The first kappa shape index (κ1) is 21.0. The molecule has 9 nitrogen and oxygen atoms in total. The Morgan fingerprint density at radius 2 is 1.87 bits per heavy atom. The standard InChI is InChI=1S/C21H20ClN5O4/c1-14-2-4-15(5-3-14)20-23-19(31-24-20)13-25-8-10-26(11-9-25)21(28)17-7-6-16(22)12-18(17)27(29)30/h2-7,12H,8-11,13H2,1H3. The van der Waals surface area contributed by atoms with E-state index >= 15 is 0 Å². The van der Waals surface area contributed by atoms with E-state index in [0.29, 0.717) is 44.4 Å². The minimum atomic E-state index is -0.587. The Bertz CT molecular complexity index is 1110. The normalized spacial score (nSPS) is 14.6. The lowest BCUT2D eigenvalue weighted by molar-refractivity contribution is -0.385. The second kappa shape index (κ2) is 8.83. The number of piperazine rings is 1. The van der Waals surface area contributed by atoms with Crippen molar-refractivity contribution in [1.29, 1.82) is 0 Å². The molecule has 2 heterocycles. The van der Waals surface area contributed by atoms with Crippen LogP contribution in [0, 0.1) is 17.0 Å². The Labute approximate surface area is 183 Å². The maximum atomic E-state index is 12.8. The van der Waals surface area contributed by atoms with Crippen molar-refractivity contribution in [2.24, 2.45) is 0 Å². The Balaban J connectivity index is 1.37. The molecule has 1 amide bonds. The van der Waals surface area contributed by atoms with Crippen LogP contribution in [0.15, 0.2) is 47.0 Å². The van der Waals surface area contributed by atoms with Crippen molar-refractivity contribution in [3.05, 3.63) is 74.6 Å². The molecule has 1 aliphatic heterocycles. The second-order valence-electron chi connectivity index (χ2n) is 7.36. The van der Waals surface area contributed by atoms with E-state index in [2.05, 4.69) is 15.0 Å². The van der Waals surface area contributed by atoms with E-state index in [0.717, 1.165) is 11.1 Å². The minimum absolute atomic E-state index is 0.0440.